The summed E-state index contributed by atoms with van der Waals surface area (Å²) in [5.74, 6) is -0.516. The summed E-state index contributed by atoms with van der Waals surface area (Å²) in [6.45, 7) is 1.41. The number of halogens is 2. The van der Waals surface area contributed by atoms with Gasteiger partial charge < -0.3 is 19.7 Å². The van der Waals surface area contributed by atoms with Crippen LogP contribution in [-0.4, -0.2) is 50.0 Å². The van der Waals surface area contributed by atoms with Crippen molar-refractivity contribution in [3.63, 3.8) is 0 Å². The van der Waals surface area contributed by atoms with Crippen LogP contribution in [0, 0.1) is 0 Å². The van der Waals surface area contributed by atoms with Crippen molar-refractivity contribution in [2.24, 2.45) is 0 Å². The monoisotopic (exact) mass is 451 g/mol. The van der Waals surface area contributed by atoms with Gasteiger partial charge in [-0.3, -0.25) is 4.98 Å². The lowest BCUT2D eigenvalue weighted by Gasteiger charge is -2.20. The highest BCUT2D eigenvalue weighted by Gasteiger charge is 2.24. The van der Waals surface area contributed by atoms with Gasteiger partial charge in [0.1, 0.15) is 0 Å². The zero-order chi connectivity index (χ0) is 22.8. The van der Waals surface area contributed by atoms with Crippen molar-refractivity contribution in [3.05, 3.63) is 60.4 Å². The summed E-state index contributed by atoms with van der Waals surface area (Å²) in [6.07, 6.45) is 2.61. The molecule has 0 saturated carbocycles. The Morgan fingerprint density at radius 3 is 2.67 bits per heavy atom. The van der Waals surface area contributed by atoms with Crippen molar-refractivity contribution < 1.29 is 18.3 Å². The molecule has 0 bridgehead atoms. The third-order valence-corrected chi connectivity index (χ3v) is 5.29. The zero-order valence-corrected chi connectivity index (χ0v) is 17.3. The Hall–Kier alpha value is -3.99. The number of rotatable bonds is 7. The van der Waals surface area contributed by atoms with E-state index in [9.17, 15) is 13.9 Å². The molecule has 2 N–H and O–H groups in total. The number of β-amino-alcohol motifs (C(OH)–C–C–N with tert-alkyl or cyclic N) is 1. The highest BCUT2D eigenvalue weighted by atomic mass is 19.3. The van der Waals surface area contributed by atoms with Gasteiger partial charge in [-0.15, -0.1) is 10.2 Å². The second-order valence-electron chi connectivity index (χ2n) is 7.36. The second-order valence-corrected chi connectivity index (χ2v) is 7.36. The van der Waals surface area contributed by atoms with Crippen molar-refractivity contribution in [2.45, 2.75) is 12.8 Å². The van der Waals surface area contributed by atoms with Gasteiger partial charge in [-0.2, -0.15) is 8.78 Å². The summed E-state index contributed by atoms with van der Waals surface area (Å²) in [5.41, 5.74) is 5.14. The molecule has 168 valence electrons. The first-order valence-corrected chi connectivity index (χ1v) is 10.3. The number of nitrogens with zero attached hydrogens (tertiary/aromatic N) is 6. The summed E-state index contributed by atoms with van der Waals surface area (Å²) in [6, 6.07) is 9.75. The van der Waals surface area contributed by atoms with Crippen molar-refractivity contribution in [3.8, 4) is 22.7 Å². The average Bonchev–Trinajstić information content (AvgIpc) is 3.48. The number of aromatic nitrogens is 5. The first-order chi connectivity index (χ1) is 16.1. The summed E-state index contributed by atoms with van der Waals surface area (Å²) in [7, 11) is 0. The van der Waals surface area contributed by atoms with Crippen LogP contribution in [-0.2, 0) is 6.42 Å². The number of aliphatic hydroxyl groups is 1. The van der Waals surface area contributed by atoms with Gasteiger partial charge >= 0.3 is 6.43 Å². The van der Waals surface area contributed by atoms with Gasteiger partial charge in [0.2, 0.25) is 5.95 Å². The zero-order valence-electron chi connectivity index (χ0n) is 17.3. The fourth-order valence-electron chi connectivity index (χ4n) is 3.82. The van der Waals surface area contributed by atoms with Gasteiger partial charge in [0.05, 0.1) is 17.9 Å². The van der Waals surface area contributed by atoms with Gasteiger partial charge in [-0.05, 0) is 36.2 Å². The quantitative estimate of drug-likeness (QED) is 0.435. The van der Waals surface area contributed by atoms with Crippen LogP contribution in [0.2, 0.25) is 0 Å². The fourth-order valence-corrected chi connectivity index (χ4v) is 3.82. The minimum absolute atomic E-state index is 0.0591. The van der Waals surface area contributed by atoms with E-state index in [1.165, 1.54) is 18.0 Å². The van der Waals surface area contributed by atoms with E-state index in [2.05, 4.69) is 35.4 Å². The van der Waals surface area contributed by atoms with E-state index < -0.39 is 12.3 Å². The van der Waals surface area contributed by atoms with Crippen molar-refractivity contribution in [1.29, 1.82) is 0 Å². The number of fused-ring (bicyclic) bond motifs is 1. The molecule has 0 radical (unpaired) electrons. The lowest BCUT2D eigenvalue weighted by Crippen LogP contribution is -2.24. The van der Waals surface area contributed by atoms with Gasteiger partial charge in [-0.25, -0.2) is 9.97 Å². The average molecular weight is 451 g/mol. The predicted molar refractivity (Wildman–Crippen MR) is 116 cm³/mol. The largest absolute Gasteiger partial charge is 0.415 e. The molecule has 0 aliphatic carbocycles. The minimum Gasteiger partial charge on any atom is -0.415 e. The summed E-state index contributed by atoms with van der Waals surface area (Å²) in [4.78, 5) is 15.1. The van der Waals surface area contributed by atoms with Gasteiger partial charge in [0, 0.05) is 48.6 Å². The number of nitrogens with one attached hydrogen (secondary N) is 1. The van der Waals surface area contributed by atoms with Crippen molar-refractivity contribution in [1.82, 2.24) is 25.1 Å². The van der Waals surface area contributed by atoms with E-state index in [-0.39, 0.29) is 12.5 Å². The molecule has 3 aromatic heterocycles. The SMILES string of the molecule is OCCN1CCc2c(-c3ccccn3)cc(Nc3ncc(-c4nnc(C(F)F)o4)cn3)cc21. The molecule has 1 aromatic carbocycles. The van der Waals surface area contributed by atoms with E-state index in [1.54, 1.807) is 6.20 Å². The van der Waals surface area contributed by atoms with Crippen LogP contribution in [0.1, 0.15) is 17.9 Å². The highest BCUT2D eigenvalue weighted by molar-refractivity contribution is 5.80. The van der Waals surface area contributed by atoms with E-state index in [1.807, 2.05) is 30.3 Å². The number of alkyl halides is 2. The smallest absolute Gasteiger partial charge is 0.314 e. The first kappa shape index (κ1) is 20.9. The van der Waals surface area contributed by atoms with E-state index >= 15 is 0 Å². The van der Waals surface area contributed by atoms with Crippen LogP contribution in [0.3, 0.4) is 0 Å². The molecule has 1 aliphatic rings. The molecular weight excluding hydrogens is 432 g/mol. The topological polar surface area (TPSA) is 113 Å². The Morgan fingerprint density at radius 2 is 1.97 bits per heavy atom. The number of anilines is 3. The number of hydrogen-bond acceptors (Lipinski definition) is 9. The molecule has 5 rings (SSSR count). The normalized spacial score (nSPS) is 12.9. The fraction of sp³-hybridized carbons (Fsp3) is 0.227. The van der Waals surface area contributed by atoms with Crippen LogP contribution in [0.4, 0.5) is 26.1 Å². The van der Waals surface area contributed by atoms with Gasteiger partial charge in [-0.1, -0.05) is 6.07 Å². The maximum Gasteiger partial charge on any atom is 0.314 e. The number of aliphatic hydroxyl groups excluding tert-OH is 1. The molecule has 33 heavy (non-hydrogen) atoms. The summed E-state index contributed by atoms with van der Waals surface area (Å²) in [5, 5.41) is 19.5. The molecule has 1 aliphatic heterocycles. The molecule has 9 nitrogen and oxygen atoms in total. The Bertz CT molecular complexity index is 1250. The van der Waals surface area contributed by atoms with Crippen LogP contribution < -0.4 is 10.2 Å². The predicted octanol–water partition coefficient (Wildman–Crippen LogP) is 3.62. The first-order valence-electron chi connectivity index (χ1n) is 10.3. The third-order valence-electron chi connectivity index (χ3n) is 5.29. The van der Waals surface area contributed by atoms with Gasteiger partial charge in [0.25, 0.3) is 11.8 Å². The maximum atomic E-state index is 12.7. The molecule has 4 heterocycles. The summed E-state index contributed by atoms with van der Waals surface area (Å²) < 4.78 is 30.3. The molecule has 0 unspecified atom stereocenters. The third kappa shape index (κ3) is 4.22. The molecule has 11 heteroatoms. The molecule has 0 atom stereocenters. The Kier molecular flexibility index (Phi) is 5.61. The van der Waals surface area contributed by atoms with Gasteiger partial charge in [0.15, 0.2) is 0 Å². The summed E-state index contributed by atoms with van der Waals surface area (Å²) >= 11 is 0. The minimum atomic E-state index is -2.84. The molecule has 0 spiro atoms. The molecule has 4 aromatic rings. The number of benzene rings is 1. The van der Waals surface area contributed by atoms with Crippen LogP contribution in [0.15, 0.2) is 53.3 Å². The van der Waals surface area contributed by atoms with E-state index in [0.717, 1.165) is 35.6 Å². The Labute approximate surface area is 187 Å². The molecule has 0 fully saturated rings. The molecule has 0 saturated heterocycles. The van der Waals surface area contributed by atoms with Crippen LogP contribution in [0.25, 0.3) is 22.7 Å². The number of pyridine rings is 1. The number of hydrogen-bond donors (Lipinski definition) is 2. The maximum absolute atomic E-state index is 12.7. The van der Waals surface area contributed by atoms with Crippen molar-refractivity contribution in [2.75, 3.05) is 29.9 Å². The Balaban J connectivity index is 1.45. The van der Waals surface area contributed by atoms with Crippen molar-refractivity contribution >= 4 is 17.3 Å². The Morgan fingerprint density at radius 1 is 1.12 bits per heavy atom. The lowest BCUT2D eigenvalue weighted by molar-refractivity contribution is 0.116. The standard InChI is InChI=1S/C22H19F2N7O2/c23-19(24)21-30-29-20(33-21)13-11-26-22(27-12-13)28-14-9-16(17-3-1-2-5-25-17)15-4-6-31(7-8-32)18(15)10-14/h1-3,5,9-12,19,32H,4,6-8H2,(H,26,27,28). The van der Waals surface area contributed by atoms with E-state index in [4.69, 9.17) is 4.42 Å². The van der Waals surface area contributed by atoms with Crippen LogP contribution >= 0.6 is 0 Å². The van der Waals surface area contributed by atoms with E-state index in [0.29, 0.717) is 18.1 Å². The second kappa shape index (κ2) is 8.87. The lowest BCUT2D eigenvalue weighted by atomic mass is 10.0. The highest BCUT2D eigenvalue weighted by Crippen LogP contribution is 2.39. The van der Waals surface area contributed by atoms with Crippen LogP contribution in [0.5, 0.6) is 0 Å². The molecule has 0 amide bonds. The molecular formula is C22H19F2N7O2.